The van der Waals surface area contributed by atoms with Crippen molar-refractivity contribution >= 4 is 6.21 Å². The molecule has 4 atom stereocenters. The topological polar surface area (TPSA) is 91.3 Å². The highest BCUT2D eigenvalue weighted by molar-refractivity contribution is 5.71. The van der Waals surface area contributed by atoms with Crippen molar-refractivity contribution in [1.29, 1.82) is 0 Å². The van der Waals surface area contributed by atoms with Gasteiger partial charge in [-0.05, 0) is 6.08 Å². The third-order valence-electron chi connectivity index (χ3n) is 2.64. The second-order valence-corrected chi connectivity index (χ2v) is 3.64. The van der Waals surface area contributed by atoms with Gasteiger partial charge in [0.15, 0.2) is 0 Å². The van der Waals surface area contributed by atoms with Gasteiger partial charge in [-0.15, -0.1) is 0 Å². The Labute approximate surface area is 87.7 Å². The van der Waals surface area contributed by atoms with Gasteiger partial charge in [-0.25, -0.2) is 0 Å². The second kappa shape index (κ2) is 4.28. The van der Waals surface area contributed by atoms with Crippen molar-refractivity contribution in [3.63, 3.8) is 0 Å². The second-order valence-electron chi connectivity index (χ2n) is 3.64. The summed E-state index contributed by atoms with van der Waals surface area (Å²) in [4.78, 5) is 5.84. The van der Waals surface area contributed by atoms with Crippen molar-refractivity contribution < 1.29 is 14.9 Å². The summed E-state index contributed by atoms with van der Waals surface area (Å²) in [7, 11) is 0. The average Bonchev–Trinajstić information content (AvgIpc) is 2.57. The predicted octanol–water partition coefficient (Wildman–Crippen LogP) is -1.75. The summed E-state index contributed by atoms with van der Waals surface area (Å²) >= 11 is 0. The normalized spacial score (nSPS) is 40.1. The van der Waals surface area contributed by atoms with E-state index in [1.807, 2.05) is 6.20 Å². The Morgan fingerprint density at radius 2 is 2.40 bits per heavy atom. The molecule has 0 saturated carbocycles. The number of hydrogen-bond acceptors (Lipinski definition) is 6. The summed E-state index contributed by atoms with van der Waals surface area (Å²) in [6.45, 7) is 0.228. The lowest BCUT2D eigenvalue weighted by molar-refractivity contribution is -0.0649. The van der Waals surface area contributed by atoms with E-state index in [0.29, 0.717) is 6.67 Å². The fourth-order valence-electron chi connectivity index (χ4n) is 1.78. The Morgan fingerprint density at radius 1 is 1.60 bits per heavy atom. The number of rotatable bonds is 2. The summed E-state index contributed by atoms with van der Waals surface area (Å²) in [6, 6.07) is -0.528. The number of aliphatic imine (C=N–C) groups is 1. The highest BCUT2D eigenvalue weighted by atomic mass is 16.5. The minimum atomic E-state index is -0.834. The molecule has 0 aromatic carbocycles. The van der Waals surface area contributed by atoms with Crippen molar-refractivity contribution in [3.05, 3.63) is 12.3 Å². The summed E-state index contributed by atoms with van der Waals surface area (Å²) in [5.74, 6) is 0. The lowest BCUT2D eigenvalue weighted by Crippen LogP contribution is -2.47. The van der Waals surface area contributed by atoms with Crippen LogP contribution in [0.1, 0.15) is 0 Å². The SMILES string of the molecule is N[C@@H]1[C@H](O)[C@@H](CO)O[C@H]1N1C=CC=NC1. The maximum Gasteiger partial charge on any atom is 0.149 e. The van der Waals surface area contributed by atoms with Crippen LogP contribution in [0.15, 0.2) is 17.3 Å². The molecule has 6 nitrogen and oxygen atoms in total. The molecule has 0 radical (unpaired) electrons. The Hall–Kier alpha value is -0.950. The monoisotopic (exact) mass is 213 g/mol. The van der Waals surface area contributed by atoms with Crippen molar-refractivity contribution in [2.45, 2.75) is 24.5 Å². The zero-order valence-electron chi connectivity index (χ0n) is 8.23. The van der Waals surface area contributed by atoms with Crippen molar-refractivity contribution in [1.82, 2.24) is 4.90 Å². The first-order chi connectivity index (χ1) is 7.24. The van der Waals surface area contributed by atoms with Crippen LogP contribution in [-0.2, 0) is 4.74 Å². The molecular formula is C9H15N3O3. The molecule has 0 aromatic rings. The van der Waals surface area contributed by atoms with Crippen LogP contribution in [0.2, 0.25) is 0 Å². The molecule has 15 heavy (non-hydrogen) atoms. The number of allylic oxidation sites excluding steroid dienone is 1. The molecule has 84 valence electrons. The van der Waals surface area contributed by atoms with Crippen molar-refractivity contribution in [2.75, 3.05) is 13.3 Å². The number of aliphatic hydroxyl groups excluding tert-OH is 2. The van der Waals surface area contributed by atoms with E-state index in [4.69, 9.17) is 15.6 Å². The van der Waals surface area contributed by atoms with E-state index >= 15 is 0 Å². The molecule has 6 heteroatoms. The summed E-state index contributed by atoms with van der Waals surface area (Å²) in [5, 5.41) is 18.6. The lowest BCUT2D eigenvalue weighted by Gasteiger charge is -2.29. The first-order valence-electron chi connectivity index (χ1n) is 4.86. The van der Waals surface area contributed by atoms with E-state index in [-0.39, 0.29) is 6.61 Å². The molecule has 0 unspecified atom stereocenters. The van der Waals surface area contributed by atoms with Crippen molar-refractivity contribution in [2.24, 2.45) is 10.7 Å². The number of nitrogens with two attached hydrogens (primary N) is 1. The molecule has 2 rings (SSSR count). The molecule has 1 fully saturated rings. The van der Waals surface area contributed by atoms with E-state index in [9.17, 15) is 5.11 Å². The molecule has 0 amide bonds. The van der Waals surface area contributed by atoms with Gasteiger partial charge in [0, 0.05) is 12.4 Å². The summed E-state index contributed by atoms with van der Waals surface area (Å²) in [5.41, 5.74) is 5.81. The van der Waals surface area contributed by atoms with E-state index < -0.39 is 24.5 Å². The quantitative estimate of drug-likeness (QED) is 0.506. The lowest BCUT2D eigenvalue weighted by atomic mass is 10.1. The first-order valence-corrected chi connectivity index (χ1v) is 4.86. The highest BCUT2D eigenvalue weighted by Gasteiger charge is 2.43. The van der Waals surface area contributed by atoms with Crippen LogP contribution in [0, 0.1) is 0 Å². The minimum absolute atomic E-state index is 0.230. The van der Waals surface area contributed by atoms with Crippen LogP contribution in [0.5, 0.6) is 0 Å². The summed E-state index contributed by atoms with van der Waals surface area (Å²) in [6.07, 6.45) is 3.41. The van der Waals surface area contributed by atoms with E-state index in [0.717, 1.165) is 0 Å². The molecule has 0 aliphatic carbocycles. The van der Waals surface area contributed by atoms with Gasteiger partial charge in [-0.2, -0.15) is 0 Å². The van der Waals surface area contributed by atoms with Crippen LogP contribution in [0.25, 0.3) is 0 Å². The number of aliphatic hydroxyl groups is 2. The first kappa shape index (κ1) is 10.6. The maximum absolute atomic E-state index is 9.66. The summed E-state index contributed by atoms with van der Waals surface area (Å²) < 4.78 is 5.45. The van der Waals surface area contributed by atoms with Crippen LogP contribution < -0.4 is 5.73 Å². The van der Waals surface area contributed by atoms with Gasteiger partial charge < -0.3 is 25.6 Å². The van der Waals surface area contributed by atoms with Crippen LogP contribution in [-0.4, -0.2) is 59.1 Å². The van der Waals surface area contributed by atoms with Gasteiger partial charge >= 0.3 is 0 Å². The smallest absolute Gasteiger partial charge is 0.149 e. The zero-order valence-corrected chi connectivity index (χ0v) is 8.23. The number of nitrogens with zero attached hydrogens (tertiary/aromatic N) is 2. The van der Waals surface area contributed by atoms with Gasteiger partial charge in [-0.3, -0.25) is 4.99 Å². The van der Waals surface area contributed by atoms with Gasteiger partial charge in [0.05, 0.1) is 12.6 Å². The molecule has 1 saturated heterocycles. The Kier molecular flexibility index (Phi) is 3.01. The van der Waals surface area contributed by atoms with E-state index in [2.05, 4.69) is 4.99 Å². The molecule has 0 bridgehead atoms. The van der Waals surface area contributed by atoms with Gasteiger partial charge in [0.1, 0.15) is 25.1 Å². The van der Waals surface area contributed by atoms with Gasteiger partial charge in [-0.1, -0.05) is 0 Å². The van der Waals surface area contributed by atoms with Crippen LogP contribution >= 0.6 is 0 Å². The van der Waals surface area contributed by atoms with Crippen LogP contribution in [0.3, 0.4) is 0 Å². The Bertz CT molecular complexity index is 282. The minimum Gasteiger partial charge on any atom is -0.394 e. The zero-order chi connectivity index (χ0) is 10.8. The molecule has 4 N–H and O–H groups in total. The molecule has 0 aromatic heterocycles. The van der Waals surface area contributed by atoms with Crippen LogP contribution in [0.4, 0.5) is 0 Å². The third kappa shape index (κ3) is 1.89. The standard InChI is InChI=1S/C9H15N3O3/c10-7-8(14)6(4-13)15-9(7)12-3-1-2-11-5-12/h1-3,6-9,13-14H,4-5,10H2/t6-,7-,8-,9-/m1/s1. The Morgan fingerprint density at radius 3 is 2.93 bits per heavy atom. The van der Waals surface area contributed by atoms with Crippen molar-refractivity contribution in [3.8, 4) is 0 Å². The predicted molar refractivity (Wildman–Crippen MR) is 54.1 cm³/mol. The number of hydrogen-bond donors (Lipinski definition) is 3. The molecule has 2 heterocycles. The molecule has 2 aliphatic rings. The third-order valence-corrected chi connectivity index (χ3v) is 2.64. The Balaban J connectivity index is 2.04. The number of ether oxygens (including phenoxy) is 1. The average molecular weight is 213 g/mol. The van der Waals surface area contributed by atoms with E-state index in [1.54, 1.807) is 17.2 Å². The molecule has 0 spiro atoms. The fourth-order valence-corrected chi connectivity index (χ4v) is 1.78. The largest absolute Gasteiger partial charge is 0.394 e. The van der Waals surface area contributed by atoms with Gasteiger partial charge in [0.2, 0.25) is 0 Å². The fraction of sp³-hybridized carbons (Fsp3) is 0.667. The molecule has 2 aliphatic heterocycles. The molecular weight excluding hydrogens is 198 g/mol. The maximum atomic E-state index is 9.66. The highest BCUT2D eigenvalue weighted by Crippen LogP contribution is 2.23. The van der Waals surface area contributed by atoms with E-state index in [1.165, 1.54) is 0 Å². The van der Waals surface area contributed by atoms with Gasteiger partial charge in [0.25, 0.3) is 0 Å².